The van der Waals surface area contributed by atoms with E-state index in [0.29, 0.717) is 0 Å². The largest absolute Gasteiger partial charge is 0.467 e. The van der Waals surface area contributed by atoms with Crippen LogP contribution in [0, 0.1) is 0 Å². The molecule has 192 valence electrons. The van der Waals surface area contributed by atoms with Crippen molar-refractivity contribution in [1.29, 1.82) is 0 Å². The van der Waals surface area contributed by atoms with Crippen LogP contribution in [-0.2, 0) is 20.8 Å². The highest BCUT2D eigenvalue weighted by molar-refractivity contribution is 7.16. The number of hydrogen-bond donors (Lipinski definition) is 4. The molecule has 0 bridgehead atoms. The lowest BCUT2D eigenvalue weighted by Crippen LogP contribution is -2.49. The summed E-state index contributed by atoms with van der Waals surface area (Å²) in [4.78, 5) is 49.8. The van der Waals surface area contributed by atoms with Crippen LogP contribution in [0.1, 0.15) is 45.7 Å². The number of esters is 1. The van der Waals surface area contributed by atoms with Gasteiger partial charge in [-0.2, -0.15) is 5.10 Å². The first-order valence-corrected chi connectivity index (χ1v) is 12.0. The minimum atomic E-state index is -1.21. The number of nitrogens with one attached hydrogen (secondary N) is 4. The quantitative estimate of drug-likeness (QED) is 0.323. The lowest BCUT2D eigenvalue weighted by Gasteiger charge is -2.21. The summed E-state index contributed by atoms with van der Waals surface area (Å²) in [7, 11) is 1.15. The third-order valence-electron chi connectivity index (χ3n) is 4.77. The van der Waals surface area contributed by atoms with Crippen LogP contribution in [0.2, 0.25) is 5.02 Å². The minimum absolute atomic E-state index is 0.0323. The summed E-state index contributed by atoms with van der Waals surface area (Å²) in [6.45, 7) is 5.04. The van der Waals surface area contributed by atoms with Crippen molar-refractivity contribution in [1.82, 2.24) is 26.1 Å². The van der Waals surface area contributed by atoms with Crippen molar-refractivity contribution in [3.8, 4) is 0 Å². The first-order valence-electron chi connectivity index (χ1n) is 10.8. The zero-order valence-electron chi connectivity index (χ0n) is 20.1. The fraction of sp³-hybridized carbons (Fsp3) is 0.348. The van der Waals surface area contributed by atoms with Crippen LogP contribution in [0.15, 0.2) is 30.5 Å². The van der Waals surface area contributed by atoms with E-state index in [1.807, 2.05) is 18.2 Å². The molecule has 3 amide bonds. The minimum Gasteiger partial charge on any atom is -0.467 e. The van der Waals surface area contributed by atoms with Crippen LogP contribution < -0.4 is 16.0 Å². The molecule has 0 aliphatic rings. The van der Waals surface area contributed by atoms with Crippen LogP contribution in [0.4, 0.5) is 4.79 Å². The first kappa shape index (κ1) is 27.0. The highest BCUT2D eigenvalue weighted by atomic mass is 35.5. The van der Waals surface area contributed by atoms with Gasteiger partial charge in [0.25, 0.3) is 11.8 Å². The van der Waals surface area contributed by atoms with Crippen molar-refractivity contribution >= 4 is 57.7 Å². The van der Waals surface area contributed by atoms with E-state index in [4.69, 9.17) is 21.1 Å². The maximum absolute atomic E-state index is 12.8. The number of alkyl carbamates (subject to hydrolysis) is 1. The molecule has 0 spiro atoms. The van der Waals surface area contributed by atoms with Gasteiger partial charge in [0.2, 0.25) is 0 Å². The molecule has 1 aromatic carbocycles. The number of rotatable bonds is 8. The van der Waals surface area contributed by atoms with Crippen molar-refractivity contribution in [2.24, 2.45) is 0 Å². The van der Waals surface area contributed by atoms with E-state index in [1.54, 1.807) is 27.0 Å². The Morgan fingerprint density at radius 2 is 1.92 bits per heavy atom. The number of carbonyl (C=O) groups excluding carboxylic acids is 4. The summed E-state index contributed by atoms with van der Waals surface area (Å²) in [5.41, 5.74) is 0.982. The number of halogens is 1. The molecule has 2 aromatic heterocycles. The van der Waals surface area contributed by atoms with Gasteiger partial charge in [-0.25, -0.2) is 9.59 Å². The first-order chi connectivity index (χ1) is 17.0. The number of thiophene rings is 1. The summed E-state index contributed by atoms with van der Waals surface area (Å²) < 4.78 is 9.84. The summed E-state index contributed by atoms with van der Waals surface area (Å²) in [5, 5.41) is 15.5. The number of benzene rings is 1. The second kappa shape index (κ2) is 11.4. The molecular weight excluding hydrogens is 510 g/mol. The number of fused-ring (bicyclic) bond motifs is 1. The smallest absolute Gasteiger partial charge is 0.407 e. The molecule has 0 saturated heterocycles. The molecule has 3 rings (SSSR count). The molecule has 1 atom stereocenters. The van der Waals surface area contributed by atoms with Gasteiger partial charge in [0.1, 0.15) is 16.5 Å². The SMILES string of the molecule is COC(=O)C(CNC(=O)OC(C)(C)C)NC(=O)c1sc(C(=O)NCc2cccc3[nH]ncc23)cc1Cl. The molecule has 13 heteroatoms. The molecule has 1 unspecified atom stereocenters. The second-order valence-corrected chi connectivity index (χ2v) is 10.1. The number of aromatic nitrogens is 2. The zero-order valence-corrected chi connectivity index (χ0v) is 21.6. The van der Waals surface area contributed by atoms with Crippen molar-refractivity contribution < 1.29 is 28.7 Å². The third-order valence-corrected chi connectivity index (χ3v) is 6.31. The summed E-state index contributed by atoms with van der Waals surface area (Å²) in [6.07, 6.45) is 0.918. The Morgan fingerprint density at radius 3 is 2.61 bits per heavy atom. The number of carbonyl (C=O) groups is 4. The Labute approximate surface area is 215 Å². The lowest BCUT2D eigenvalue weighted by atomic mass is 10.1. The molecule has 0 saturated carbocycles. The Hall–Kier alpha value is -3.64. The maximum Gasteiger partial charge on any atom is 0.407 e. The fourth-order valence-corrected chi connectivity index (χ4v) is 4.39. The highest BCUT2D eigenvalue weighted by Crippen LogP contribution is 2.27. The van der Waals surface area contributed by atoms with Crippen LogP contribution in [0.3, 0.4) is 0 Å². The second-order valence-electron chi connectivity index (χ2n) is 8.65. The van der Waals surface area contributed by atoms with Gasteiger partial charge in [0.15, 0.2) is 0 Å². The molecule has 36 heavy (non-hydrogen) atoms. The average molecular weight is 536 g/mol. The van der Waals surface area contributed by atoms with Crippen molar-refractivity contribution in [3.05, 3.63) is 50.8 Å². The topological polar surface area (TPSA) is 152 Å². The lowest BCUT2D eigenvalue weighted by molar-refractivity contribution is -0.142. The number of methoxy groups -OCH3 is 1. The molecule has 3 aromatic rings. The predicted octanol–water partition coefficient (Wildman–Crippen LogP) is 3.00. The van der Waals surface area contributed by atoms with E-state index >= 15 is 0 Å². The third kappa shape index (κ3) is 6.95. The molecule has 2 heterocycles. The molecule has 11 nitrogen and oxygen atoms in total. The van der Waals surface area contributed by atoms with Gasteiger partial charge in [-0.1, -0.05) is 23.7 Å². The summed E-state index contributed by atoms with van der Waals surface area (Å²) in [5.74, 6) is -1.90. The normalized spacial score (nSPS) is 12.0. The fourth-order valence-electron chi connectivity index (χ4n) is 3.14. The van der Waals surface area contributed by atoms with Crippen molar-refractivity contribution in [3.63, 3.8) is 0 Å². The summed E-state index contributed by atoms with van der Waals surface area (Å²) >= 11 is 7.08. The van der Waals surface area contributed by atoms with E-state index in [0.717, 1.165) is 34.9 Å². The number of H-pyrrole nitrogens is 1. The van der Waals surface area contributed by atoms with Gasteiger partial charge in [-0.15, -0.1) is 11.3 Å². The molecule has 0 radical (unpaired) electrons. The van der Waals surface area contributed by atoms with Crippen LogP contribution in [0.25, 0.3) is 10.9 Å². The van der Waals surface area contributed by atoms with Crippen molar-refractivity contribution in [2.45, 2.75) is 39.0 Å². The van der Waals surface area contributed by atoms with Gasteiger partial charge >= 0.3 is 12.1 Å². The molecular formula is C23H26ClN5O6S. The standard InChI is InChI=1S/C23H26ClN5O6S/c1-23(2,3)35-22(33)26-11-16(21(32)34-4)28-20(31)18-14(24)8-17(36-18)19(30)25-9-12-6-5-7-15-13(12)10-27-29-15/h5-8,10,16H,9,11H2,1-4H3,(H,25,30)(H,26,33)(H,27,29)(H,28,31). The van der Waals surface area contributed by atoms with Gasteiger partial charge in [-0.05, 0) is 38.5 Å². The molecule has 4 N–H and O–H groups in total. The zero-order chi connectivity index (χ0) is 26.5. The highest BCUT2D eigenvalue weighted by Gasteiger charge is 2.27. The van der Waals surface area contributed by atoms with Gasteiger partial charge in [-0.3, -0.25) is 14.7 Å². The van der Waals surface area contributed by atoms with E-state index in [1.165, 1.54) is 6.07 Å². The maximum atomic E-state index is 12.8. The number of aromatic amines is 1. The number of ether oxygens (including phenoxy) is 2. The Morgan fingerprint density at radius 1 is 1.17 bits per heavy atom. The molecule has 0 fully saturated rings. The molecule has 0 aliphatic heterocycles. The number of nitrogens with zero attached hydrogens (tertiary/aromatic N) is 1. The van der Waals surface area contributed by atoms with Crippen molar-refractivity contribution in [2.75, 3.05) is 13.7 Å². The predicted molar refractivity (Wildman–Crippen MR) is 134 cm³/mol. The number of amides is 3. The van der Waals surface area contributed by atoms with Crippen LogP contribution >= 0.6 is 22.9 Å². The van der Waals surface area contributed by atoms with Gasteiger partial charge in [0.05, 0.1) is 35.3 Å². The van der Waals surface area contributed by atoms with Crippen LogP contribution in [-0.4, -0.2) is 59.4 Å². The molecule has 0 aliphatic carbocycles. The van der Waals surface area contributed by atoms with Gasteiger partial charge < -0.3 is 25.4 Å². The van der Waals surface area contributed by atoms with Gasteiger partial charge in [0, 0.05) is 11.9 Å². The van der Waals surface area contributed by atoms with E-state index in [-0.39, 0.29) is 27.9 Å². The Balaban J connectivity index is 1.64. The Kier molecular flexibility index (Phi) is 8.53. The van der Waals surface area contributed by atoms with E-state index in [2.05, 4.69) is 26.1 Å². The summed E-state index contributed by atoms with van der Waals surface area (Å²) in [6, 6.07) is 5.77. The number of hydrogen-bond acceptors (Lipinski definition) is 8. The average Bonchev–Trinajstić information content (AvgIpc) is 3.45. The van der Waals surface area contributed by atoms with Crippen LogP contribution in [0.5, 0.6) is 0 Å². The van der Waals surface area contributed by atoms with E-state index in [9.17, 15) is 19.2 Å². The monoisotopic (exact) mass is 535 g/mol. The Bertz CT molecular complexity index is 1280. The van der Waals surface area contributed by atoms with E-state index < -0.39 is 35.5 Å².